The van der Waals surface area contributed by atoms with E-state index in [1.54, 1.807) is 12.1 Å². The van der Waals surface area contributed by atoms with Gasteiger partial charge < -0.3 is 0 Å². The van der Waals surface area contributed by atoms with Crippen LogP contribution in [0.5, 0.6) is 0 Å². The zero-order chi connectivity index (χ0) is 14.5. The van der Waals surface area contributed by atoms with Crippen molar-refractivity contribution in [1.29, 1.82) is 0 Å². The van der Waals surface area contributed by atoms with E-state index in [4.69, 9.17) is 4.99 Å². The van der Waals surface area contributed by atoms with Gasteiger partial charge in [0.15, 0.2) is 0 Å². The normalized spacial score (nSPS) is 32.8. The molecule has 1 aromatic carbocycles. The lowest BCUT2D eigenvalue weighted by Crippen LogP contribution is -2.32. The molecule has 1 aromatic rings. The number of rotatable bonds is 2. The second-order valence-electron chi connectivity index (χ2n) is 6.83. The highest BCUT2D eigenvalue weighted by Crippen LogP contribution is 2.64. The van der Waals surface area contributed by atoms with Gasteiger partial charge in [0, 0.05) is 23.3 Å². The van der Waals surface area contributed by atoms with Gasteiger partial charge in [0.2, 0.25) is 0 Å². The molecule has 2 saturated carbocycles. The van der Waals surface area contributed by atoms with Gasteiger partial charge in [-0.3, -0.25) is 15.1 Å². The lowest BCUT2D eigenvalue weighted by atomic mass is 9.70. The van der Waals surface area contributed by atoms with Gasteiger partial charge in [-0.05, 0) is 42.7 Å². The monoisotopic (exact) mass is 272 g/mol. The summed E-state index contributed by atoms with van der Waals surface area (Å²) in [5.41, 5.74) is 2.71. The molecule has 4 nitrogen and oxygen atoms in total. The third-order valence-corrected chi connectivity index (χ3v) is 5.84. The second kappa shape index (κ2) is 4.14. The summed E-state index contributed by atoms with van der Waals surface area (Å²) in [6, 6.07) is 6.54. The van der Waals surface area contributed by atoms with Crippen molar-refractivity contribution in [3.8, 4) is 0 Å². The highest BCUT2D eigenvalue weighted by Gasteiger charge is 2.59. The minimum atomic E-state index is -0.376. The Labute approximate surface area is 119 Å². The zero-order valence-corrected chi connectivity index (χ0v) is 12.2. The Bertz CT molecular complexity index is 589. The van der Waals surface area contributed by atoms with Gasteiger partial charge in [-0.25, -0.2) is 0 Å². The molecule has 2 bridgehead atoms. The summed E-state index contributed by atoms with van der Waals surface area (Å²) < 4.78 is 0. The molecule has 2 fully saturated rings. The van der Waals surface area contributed by atoms with Crippen LogP contribution in [0.1, 0.15) is 40.0 Å². The summed E-state index contributed by atoms with van der Waals surface area (Å²) in [7, 11) is 0. The number of fused-ring (bicyclic) bond motifs is 2. The fraction of sp³-hybridized carbons (Fsp3) is 0.562. The second-order valence-corrected chi connectivity index (χ2v) is 6.83. The summed E-state index contributed by atoms with van der Waals surface area (Å²) in [5.74, 6) is 0.726. The van der Waals surface area contributed by atoms with Crippen molar-refractivity contribution in [3.63, 3.8) is 0 Å². The molecule has 20 heavy (non-hydrogen) atoms. The lowest BCUT2D eigenvalue weighted by molar-refractivity contribution is -0.384. The van der Waals surface area contributed by atoms with Crippen LogP contribution in [0.3, 0.4) is 0 Å². The first-order valence-electron chi connectivity index (χ1n) is 7.17. The Balaban J connectivity index is 1.92. The van der Waals surface area contributed by atoms with Crippen molar-refractivity contribution in [2.75, 3.05) is 0 Å². The third kappa shape index (κ3) is 1.70. The summed E-state index contributed by atoms with van der Waals surface area (Å²) in [4.78, 5) is 15.1. The average molecular weight is 272 g/mol. The molecule has 2 atom stereocenters. The molecule has 4 heteroatoms. The van der Waals surface area contributed by atoms with Gasteiger partial charge in [0.05, 0.1) is 10.6 Å². The summed E-state index contributed by atoms with van der Waals surface area (Å²) >= 11 is 0. The average Bonchev–Trinajstić information content (AvgIpc) is 2.72. The smallest absolute Gasteiger partial charge is 0.258 e. The van der Waals surface area contributed by atoms with Crippen LogP contribution in [-0.2, 0) is 0 Å². The maximum atomic E-state index is 10.7. The van der Waals surface area contributed by atoms with Crippen molar-refractivity contribution >= 4 is 17.1 Å². The van der Waals surface area contributed by atoms with Gasteiger partial charge in [-0.1, -0.05) is 20.8 Å². The van der Waals surface area contributed by atoms with Crippen molar-refractivity contribution in [2.24, 2.45) is 21.7 Å². The number of hydrogen-bond donors (Lipinski definition) is 0. The molecule has 0 spiro atoms. The van der Waals surface area contributed by atoms with Crippen LogP contribution >= 0.6 is 0 Å². The first kappa shape index (κ1) is 13.3. The van der Waals surface area contributed by atoms with Gasteiger partial charge in [-0.15, -0.1) is 0 Å². The molecule has 0 heterocycles. The number of benzene rings is 1. The summed E-state index contributed by atoms with van der Waals surface area (Å²) in [6.07, 6.45) is 3.57. The highest BCUT2D eigenvalue weighted by atomic mass is 16.6. The Morgan fingerprint density at radius 1 is 1.25 bits per heavy atom. The molecule has 3 rings (SSSR count). The van der Waals surface area contributed by atoms with Crippen molar-refractivity contribution in [1.82, 2.24) is 0 Å². The quantitative estimate of drug-likeness (QED) is 0.587. The number of non-ortho nitro benzene ring substituents is 1. The van der Waals surface area contributed by atoms with Crippen LogP contribution in [0.2, 0.25) is 0 Å². The van der Waals surface area contributed by atoms with Crippen molar-refractivity contribution in [3.05, 3.63) is 34.4 Å². The molecule has 0 amide bonds. The van der Waals surface area contributed by atoms with E-state index in [0.29, 0.717) is 5.41 Å². The van der Waals surface area contributed by atoms with E-state index in [0.717, 1.165) is 18.0 Å². The van der Waals surface area contributed by atoms with Gasteiger partial charge in [0.1, 0.15) is 0 Å². The third-order valence-electron chi connectivity index (χ3n) is 5.84. The highest BCUT2D eigenvalue weighted by molar-refractivity contribution is 5.96. The zero-order valence-electron chi connectivity index (χ0n) is 12.2. The van der Waals surface area contributed by atoms with Crippen molar-refractivity contribution < 1.29 is 4.92 Å². The molecule has 0 radical (unpaired) electrons. The molecule has 0 aromatic heterocycles. The number of nitro groups is 1. The van der Waals surface area contributed by atoms with E-state index in [1.165, 1.54) is 30.7 Å². The number of nitro benzene ring substituents is 1. The van der Waals surface area contributed by atoms with Crippen LogP contribution in [0.15, 0.2) is 29.3 Å². The molecule has 0 aliphatic heterocycles. The standard InChI is InChI=1S/C16H20N2O2/c1-15(2)11-8-9-16(15,3)14(10-11)17-12-4-6-13(7-5-12)18(19)20/h4-7,11H,8-10H2,1-3H3. The van der Waals surface area contributed by atoms with Crippen LogP contribution in [0, 0.1) is 26.9 Å². The maximum absolute atomic E-state index is 10.7. The maximum Gasteiger partial charge on any atom is 0.269 e. The SMILES string of the molecule is CC12CCC(CC1=Nc1ccc([N+](=O)[O-])cc1)C2(C)C. The van der Waals surface area contributed by atoms with Gasteiger partial charge in [0.25, 0.3) is 5.69 Å². The predicted octanol–water partition coefficient (Wildman–Crippen LogP) is 4.51. The molecule has 0 N–H and O–H groups in total. The van der Waals surface area contributed by atoms with Crippen LogP contribution in [-0.4, -0.2) is 10.6 Å². The largest absolute Gasteiger partial charge is 0.269 e. The number of nitrogens with zero attached hydrogens (tertiary/aromatic N) is 2. The molecule has 2 aliphatic rings. The Kier molecular flexibility index (Phi) is 2.75. The molecular weight excluding hydrogens is 252 g/mol. The Hall–Kier alpha value is -1.71. The molecule has 2 aliphatic carbocycles. The molecule has 2 unspecified atom stereocenters. The van der Waals surface area contributed by atoms with E-state index in [2.05, 4.69) is 20.8 Å². The fourth-order valence-corrected chi connectivity index (χ4v) is 3.90. The van der Waals surface area contributed by atoms with Gasteiger partial charge >= 0.3 is 0 Å². The van der Waals surface area contributed by atoms with E-state index >= 15 is 0 Å². The predicted molar refractivity (Wildman–Crippen MR) is 79.4 cm³/mol. The van der Waals surface area contributed by atoms with E-state index in [9.17, 15) is 10.1 Å². The minimum absolute atomic E-state index is 0.119. The van der Waals surface area contributed by atoms with Crippen LogP contribution in [0.4, 0.5) is 11.4 Å². The molecule has 0 saturated heterocycles. The minimum Gasteiger partial charge on any atom is -0.258 e. The van der Waals surface area contributed by atoms with Crippen molar-refractivity contribution in [2.45, 2.75) is 40.0 Å². The van der Waals surface area contributed by atoms with E-state index in [1.807, 2.05) is 0 Å². The topological polar surface area (TPSA) is 55.5 Å². The van der Waals surface area contributed by atoms with Gasteiger partial charge in [-0.2, -0.15) is 0 Å². The first-order valence-corrected chi connectivity index (χ1v) is 7.17. The lowest BCUT2D eigenvalue weighted by Gasteiger charge is -2.34. The first-order chi connectivity index (χ1) is 9.34. The summed E-state index contributed by atoms with van der Waals surface area (Å²) in [6.45, 7) is 7.02. The number of aliphatic imine (C=N–C) groups is 1. The fourth-order valence-electron chi connectivity index (χ4n) is 3.90. The van der Waals surface area contributed by atoms with E-state index in [-0.39, 0.29) is 16.0 Å². The Morgan fingerprint density at radius 3 is 2.35 bits per heavy atom. The van der Waals surface area contributed by atoms with Crippen LogP contribution in [0.25, 0.3) is 0 Å². The molecule has 106 valence electrons. The van der Waals surface area contributed by atoms with Crippen LogP contribution < -0.4 is 0 Å². The summed E-state index contributed by atoms with van der Waals surface area (Å²) in [5, 5.41) is 10.7. The molecular formula is C16H20N2O2. The number of hydrogen-bond acceptors (Lipinski definition) is 3. The van der Waals surface area contributed by atoms with E-state index < -0.39 is 0 Å². The Morgan fingerprint density at radius 2 is 1.90 bits per heavy atom.